The molecule has 1 rings (SSSR count). The van der Waals surface area contributed by atoms with E-state index in [4.69, 9.17) is 14.3 Å². The van der Waals surface area contributed by atoms with Crippen molar-refractivity contribution in [2.45, 2.75) is 33.1 Å². The minimum Gasteiger partial charge on any atom is -0.481 e. The molecule has 0 fully saturated rings. The van der Waals surface area contributed by atoms with Gasteiger partial charge in [0.05, 0.1) is 18.4 Å². The number of carbonyl (C=O) groups is 2. The van der Waals surface area contributed by atoms with Crippen LogP contribution in [0.3, 0.4) is 0 Å². The molecule has 1 N–H and O–H groups in total. The van der Waals surface area contributed by atoms with Crippen LogP contribution in [0.4, 0.5) is 0 Å². The molecule has 6 nitrogen and oxygen atoms in total. The number of ether oxygens (including phenoxy) is 1. The van der Waals surface area contributed by atoms with Crippen LogP contribution in [0, 0.1) is 6.92 Å². The quantitative estimate of drug-likeness (QED) is 0.755. The lowest BCUT2D eigenvalue weighted by Gasteiger charge is -2.22. The van der Waals surface area contributed by atoms with Crippen LogP contribution in [0.2, 0.25) is 0 Å². The number of rotatable bonds is 9. The van der Waals surface area contributed by atoms with Crippen molar-refractivity contribution in [3.8, 4) is 0 Å². The normalized spacial score (nSPS) is 10.6. The van der Waals surface area contributed by atoms with Gasteiger partial charge in [-0.25, -0.2) is 0 Å². The highest BCUT2D eigenvalue weighted by Gasteiger charge is 2.24. The Labute approximate surface area is 124 Å². The fourth-order valence-corrected chi connectivity index (χ4v) is 2.08. The van der Waals surface area contributed by atoms with Crippen LogP contribution in [0.1, 0.15) is 41.4 Å². The summed E-state index contributed by atoms with van der Waals surface area (Å²) in [7, 11) is 1.58. The molecule has 0 atom stereocenters. The molecule has 0 aliphatic carbocycles. The molecule has 0 aliphatic rings. The maximum absolute atomic E-state index is 12.7. The van der Waals surface area contributed by atoms with Crippen molar-refractivity contribution in [2.24, 2.45) is 0 Å². The van der Waals surface area contributed by atoms with E-state index in [0.717, 1.165) is 12.8 Å². The number of aliphatic carboxylic acids is 1. The summed E-state index contributed by atoms with van der Waals surface area (Å²) in [6.07, 6.45) is 3.00. The molecular weight excluding hydrogens is 274 g/mol. The Morgan fingerprint density at radius 2 is 2.10 bits per heavy atom. The number of furan rings is 1. The maximum atomic E-state index is 12.7. The molecule has 118 valence electrons. The van der Waals surface area contributed by atoms with Crippen LogP contribution in [0.5, 0.6) is 0 Å². The number of amides is 1. The summed E-state index contributed by atoms with van der Waals surface area (Å²) in [5, 5.41) is 8.90. The van der Waals surface area contributed by atoms with E-state index >= 15 is 0 Å². The van der Waals surface area contributed by atoms with E-state index in [1.165, 1.54) is 6.26 Å². The molecular formula is C15H23NO5. The van der Waals surface area contributed by atoms with Gasteiger partial charge in [0.15, 0.2) is 0 Å². The Kier molecular flexibility index (Phi) is 6.94. The summed E-state index contributed by atoms with van der Waals surface area (Å²) in [5.74, 6) is -0.998. The average Bonchev–Trinajstić information content (AvgIpc) is 2.78. The lowest BCUT2D eigenvalue weighted by atomic mass is 10.1. The zero-order valence-electron chi connectivity index (χ0n) is 12.8. The van der Waals surface area contributed by atoms with Gasteiger partial charge in [-0.2, -0.15) is 0 Å². The van der Waals surface area contributed by atoms with Gasteiger partial charge in [0.1, 0.15) is 12.2 Å². The highest BCUT2D eigenvalue weighted by molar-refractivity contribution is 5.97. The Morgan fingerprint density at radius 3 is 2.67 bits per heavy atom. The second-order valence-corrected chi connectivity index (χ2v) is 4.93. The summed E-state index contributed by atoms with van der Waals surface area (Å²) in [6, 6.07) is 0. The van der Waals surface area contributed by atoms with Gasteiger partial charge in [0.25, 0.3) is 5.91 Å². The number of unbranched alkanes of at least 4 members (excludes halogenated alkanes) is 1. The van der Waals surface area contributed by atoms with Gasteiger partial charge in [-0.3, -0.25) is 9.59 Å². The molecule has 0 unspecified atom stereocenters. The zero-order chi connectivity index (χ0) is 15.8. The summed E-state index contributed by atoms with van der Waals surface area (Å²) in [4.78, 5) is 25.2. The van der Waals surface area contributed by atoms with E-state index in [1.54, 1.807) is 18.9 Å². The van der Waals surface area contributed by atoms with Crippen LogP contribution >= 0.6 is 0 Å². The van der Waals surface area contributed by atoms with Gasteiger partial charge in [0, 0.05) is 25.8 Å². The first kappa shape index (κ1) is 17.2. The molecule has 0 spiro atoms. The molecule has 1 aromatic heterocycles. The van der Waals surface area contributed by atoms with E-state index in [2.05, 4.69) is 6.92 Å². The van der Waals surface area contributed by atoms with Gasteiger partial charge >= 0.3 is 5.97 Å². The number of carbonyl (C=O) groups excluding carboxylic acids is 1. The highest BCUT2D eigenvalue weighted by atomic mass is 16.5. The molecule has 0 aromatic carbocycles. The highest BCUT2D eigenvalue weighted by Crippen LogP contribution is 2.20. The fourth-order valence-electron chi connectivity index (χ4n) is 2.08. The molecule has 0 aliphatic heterocycles. The van der Waals surface area contributed by atoms with Crippen molar-refractivity contribution in [2.75, 3.05) is 26.8 Å². The fraction of sp³-hybridized carbons (Fsp3) is 0.600. The van der Waals surface area contributed by atoms with Gasteiger partial charge in [-0.15, -0.1) is 0 Å². The number of nitrogens with zero attached hydrogens (tertiary/aromatic N) is 1. The molecule has 1 heterocycles. The van der Waals surface area contributed by atoms with Gasteiger partial charge in [-0.1, -0.05) is 13.3 Å². The van der Waals surface area contributed by atoms with Crippen LogP contribution in [0.25, 0.3) is 0 Å². The first-order chi connectivity index (χ1) is 10.0. The van der Waals surface area contributed by atoms with Crippen LogP contribution in [-0.4, -0.2) is 48.7 Å². The second kappa shape index (κ2) is 8.46. The number of hydrogen-bond donors (Lipinski definition) is 1. The molecule has 21 heavy (non-hydrogen) atoms. The molecule has 1 amide bonds. The van der Waals surface area contributed by atoms with E-state index < -0.39 is 5.97 Å². The van der Waals surface area contributed by atoms with Crippen molar-refractivity contribution in [1.82, 2.24) is 4.90 Å². The molecule has 0 saturated carbocycles. The predicted octanol–water partition coefficient (Wildman–Crippen LogP) is 2.10. The van der Waals surface area contributed by atoms with Crippen LogP contribution < -0.4 is 0 Å². The van der Waals surface area contributed by atoms with Gasteiger partial charge < -0.3 is 19.2 Å². The maximum Gasteiger partial charge on any atom is 0.311 e. The minimum absolute atomic E-state index is 0.192. The van der Waals surface area contributed by atoms with Gasteiger partial charge in [-0.05, 0) is 13.3 Å². The van der Waals surface area contributed by atoms with E-state index in [1.807, 2.05) is 0 Å². The molecule has 0 bridgehead atoms. The average molecular weight is 297 g/mol. The monoisotopic (exact) mass is 297 g/mol. The van der Waals surface area contributed by atoms with Crippen molar-refractivity contribution in [1.29, 1.82) is 0 Å². The predicted molar refractivity (Wildman–Crippen MR) is 77.5 cm³/mol. The number of hydrogen-bond acceptors (Lipinski definition) is 4. The number of aryl methyl sites for hydroxylation is 1. The van der Waals surface area contributed by atoms with E-state index in [-0.39, 0.29) is 18.1 Å². The summed E-state index contributed by atoms with van der Waals surface area (Å²) >= 11 is 0. The lowest BCUT2D eigenvalue weighted by Crippen LogP contribution is -2.35. The van der Waals surface area contributed by atoms with E-state index in [9.17, 15) is 9.59 Å². The second-order valence-electron chi connectivity index (χ2n) is 4.93. The summed E-state index contributed by atoms with van der Waals surface area (Å²) < 4.78 is 10.3. The standard InChI is InChI=1S/C15H23NO5/c1-4-5-6-16(7-8-20-3)15(19)14-11(2)10-21-12(14)9-13(17)18/h10H,4-9H2,1-3H3,(H,17,18). The first-order valence-corrected chi connectivity index (χ1v) is 7.08. The van der Waals surface area contributed by atoms with E-state index in [0.29, 0.717) is 30.8 Å². The lowest BCUT2D eigenvalue weighted by molar-refractivity contribution is -0.136. The van der Waals surface area contributed by atoms with Crippen LogP contribution in [0.15, 0.2) is 10.7 Å². The molecule has 0 saturated heterocycles. The molecule has 1 aromatic rings. The minimum atomic E-state index is -1.02. The first-order valence-electron chi connectivity index (χ1n) is 7.08. The van der Waals surface area contributed by atoms with Crippen molar-refractivity contribution in [3.05, 3.63) is 23.2 Å². The Hall–Kier alpha value is -1.82. The Morgan fingerprint density at radius 1 is 1.38 bits per heavy atom. The third kappa shape index (κ3) is 4.90. The number of carboxylic acids is 1. The number of carboxylic acid groups (broad SMARTS) is 1. The molecule has 6 heteroatoms. The largest absolute Gasteiger partial charge is 0.481 e. The van der Waals surface area contributed by atoms with Crippen molar-refractivity contribution < 1.29 is 23.8 Å². The topological polar surface area (TPSA) is 80.0 Å². The Bertz CT molecular complexity index is 472. The van der Waals surface area contributed by atoms with Crippen molar-refractivity contribution in [3.63, 3.8) is 0 Å². The smallest absolute Gasteiger partial charge is 0.311 e. The van der Waals surface area contributed by atoms with Crippen LogP contribution in [-0.2, 0) is 16.0 Å². The SMILES string of the molecule is CCCCN(CCOC)C(=O)c1c(C)coc1CC(=O)O. The number of methoxy groups -OCH3 is 1. The third-order valence-corrected chi connectivity index (χ3v) is 3.21. The Balaban J connectivity index is 2.95. The summed E-state index contributed by atoms with van der Waals surface area (Å²) in [6.45, 7) is 5.34. The summed E-state index contributed by atoms with van der Waals surface area (Å²) in [5.41, 5.74) is 1.03. The molecule has 0 radical (unpaired) electrons. The van der Waals surface area contributed by atoms with Crippen molar-refractivity contribution >= 4 is 11.9 Å². The third-order valence-electron chi connectivity index (χ3n) is 3.21. The zero-order valence-corrected chi connectivity index (χ0v) is 12.8. The van der Waals surface area contributed by atoms with Gasteiger partial charge in [0.2, 0.25) is 0 Å².